The van der Waals surface area contributed by atoms with E-state index < -0.39 is 0 Å². The molecule has 0 unspecified atom stereocenters. The molecule has 0 aliphatic rings. The summed E-state index contributed by atoms with van der Waals surface area (Å²) < 4.78 is 5.25. The molecule has 0 fully saturated rings. The molecule has 0 N–H and O–H groups in total. The van der Waals surface area contributed by atoms with Crippen LogP contribution >= 0.6 is 0 Å². The van der Waals surface area contributed by atoms with Gasteiger partial charge in [0, 0.05) is 0 Å². The minimum atomic E-state index is 0.882. The second-order valence-electron chi connectivity index (χ2n) is 2.11. The van der Waals surface area contributed by atoms with Crippen molar-refractivity contribution >= 4 is 6.08 Å². The lowest BCUT2D eigenvalue weighted by Crippen LogP contribution is -1.64. The predicted octanol–water partition coefficient (Wildman–Crippen LogP) is 4.37. The molecule has 0 atom stereocenters. The van der Waals surface area contributed by atoms with Crippen LogP contribution in [0, 0.1) is 13.8 Å². The summed E-state index contributed by atoms with van der Waals surface area (Å²) >= 11 is 0. The summed E-state index contributed by atoms with van der Waals surface area (Å²) in [5, 5.41) is 0. The summed E-state index contributed by atoms with van der Waals surface area (Å²) in [5.74, 6) is 1.83. The van der Waals surface area contributed by atoms with E-state index in [2.05, 4.69) is 19.7 Å². The minimum Gasteiger partial charge on any atom is -0.462 e. The van der Waals surface area contributed by atoms with Crippen molar-refractivity contribution in [2.75, 3.05) is 0 Å². The molecule has 0 spiro atoms. The fraction of sp³-hybridized carbons (Fsp3) is 0.333. The van der Waals surface area contributed by atoms with Crippen LogP contribution in [-0.4, -0.2) is 0 Å². The zero-order chi connectivity index (χ0) is 10.9. The van der Waals surface area contributed by atoms with E-state index in [0.717, 1.165) is 17.1 Å². The average Bonchev–Trinajstić information content (AvgIpc) is 2.51. The van der Waals surface area contributed by atoms with Crippen LogP contribution in [0.5, 0.6) is 0 Å². The normalized spacial score (nSPS) is 7.38. The van der Waals surface area contributed by atoms with E-state index in [4.69, 9.17) is 4.42 Å². The molecule has 1 heterocycles. The summed E-state index contributed by atoms with van der Waals surface area (Å²) in [6.07, 6.45) is 1.72. The molecule has 1 aromatic rings. The molecular formula is C12H20O. The van der Waals surface area contributed by atoms with Gasteiger partial charge < -0.3 is 4.42 Å². The van der Waals surface area contributed by atoms with Gasteiger partial charge in [-0.1, -0.05) is 20.4 Å². The van der Waals surface area contributed by atoms with Gasteiger partial charge in [-0.25, -0.2) is 0 Å². The smallest absolute Gasteiger partial charge is 0.129 e. The van der Waals surface area contributed by atoms with E-state index in [9.17, 15) is 0 Å². The molecule has 1 aromatic heterocycles. The lowest BCUT2D eigenvalue weighted by molar-refractivity contribution is 0.523. The molecule has 0 amide bonds. The second kappa shape index (κ2) is 8.85. The second-order valence-corrected chi connectivity index (χ2v) is 2.11. The maximum atomic E-state index is 5.25. The molecule has 1 rings (SSSR count). The Morgan fingerprint density at radius 2 is 1.69 bits per heavy atom. The first-order valence-corrected chi connectivity index (χ1v) is 4.43. The van der Waals surface area contributed by atoms with Crippen LogP contribution in [-0.2, 0) is 0 Å². The van der Waals surface area contributed by atoms with Gasteiger partial charge in [0.15, 0.2) is 0 Å². The van der Waals surface area contributed by atoms with Crippen LogP contribution in [0.3, 0.4) is 0 Å². The summed E-state index contributed by atoms with van der Waals surface area (Å²) in [6.45, 7) is 17.5. The molecule has 0 saturated heterocycles. The fourth-order valence-electron chi connectivity index (χ4n) is 0.862. The lowest BCUT2D eigenvalue weighted by Gasteiger charge is -1.83. The van der Waals surface area contributed by atoms with Gasteiger partial charge in [-0.2, -0.15) is 0 Å². The molecule has 1 nitrogen and oxygen atoms in total. The number of rotatable bonds is 1. The van der Waals surface area contributed by atoms with Crippen LogP contribution in [0.2, 0.25) is 0 Å². The molecule has 0 aliphatic carbocycles. The molecule has 74 valence electrons. The van der Waals surface area contributed by atoms with E-state index in [1.807, 2.05) is 33.8 Å². The minimum absolute atomic E-state index is 0.882. The van der Waals surface area contributed by atoms with Crippen LogP contribution in [0.4, 0.5) is 0 Å². The van der Waals surface area contributed by atoms with E-state index in [1.165, 1.54) is 0 Å². The average molecular weight is 180 g/mol. The number of hydrogen-bond donors (Lipinski definition) is 0. The van der Waals surface area contributed by atoms with Crippen LogP contribution < -0.4 is 0 Å². The zero-order valence-electron chi connectivity index (χ0n) is 9.18. The van der Waals surface area contributed by atoms with Gasteiger partial charge in [-0.15, -0.1) is 13.2 Å². The standard InChI is InChI=1S/C8H10O.C2H6.C2H4/c1-4-8-6(2)5-7(3)9-8;2*1-2/h4-5H,1H2,2-3H3;1-2H3;1-2H2. The highest BCUT2D eigenvalue weighted by Crippen LogP contribution is 2.13. The van der Waals surface area contributed by atoms with E-state index in [-0.39, 0.29) is 0 Å². The van der Waals surface area contributed by atoms with Crippen LogP contribution in [0.15, 0.2) is 30.2 Å². The Kier molecular flexibility index (Phi) is 9.73. The maximum absolute atomic E-state index is 5.25. The topological polar surface area (TPSA) is 13.1 Å². The van der Waals surface area contributed by atoms with Crippen molar-refractivity contribution < 1.29 is 4.42 Å². The Morgan fingerprint density at radius 1 is 1.23 bits per heavy atom. The molecule has 0 aromatic carbocycles. The van der Waals surface area contributed by atoms with Crippen molar-refractivity contribution in [3.63, 3.8) is 0 Å². The predicted molar refractivity (Wildman–Crippen MR) is 60.9 cm³/mol. The summed E-state index contributed by atoms with van der Waals surface area (Å²) in [4.78, 5) is 0. The van der Waals surface area contributed by atoms with E-state index >= 15 is 0 Å². The quantitative estimate of drug-likeness (QED) is 0.585. The van der Waals surface area contributed by atoms with Gasteiger partial charge in [0.2, 0.25) is 0 Å². The Balaban J connectivity index is 0. The number of furan rings is 1. The summed E-state index contributed by atoms with van der Waals surface area (Å²) in [6, 6.07) is 2.00. The van der Waals surface area contributed by atoms with E-state index in [1.54, 1.807) is 6.08 Å². The first kappa shape index (κ1) is 14.3. The summed E-state index contributed by atoms with van der Waals surface area (Å²) in [5.41, 5.74) is 1.16. The largest absolute Gasteiger partial charge is 0.462 e. The fourth-order valence-corrected chi connectivity index (χ4v) is 0.862. The molecule has 13 heavy (non-hydrogen) atoms. The highest BCUT2D eigenvalue weighted by molar-refractivity contribution is 5.45. The SMILES string of the molecule is C=C.C=Cc1oc(C)cc1C.CC. The van der Waals surface area contributed by atoms with Crippen molar-refractivity contribution in [1.82, 2.24) is 0 Å². The van der Waals surface area contributed by atoms with Gasteiger partial charge in [0.05, 0.1) is 0 Å². The molecule has 0 aliphatic heterocycles. The number of aryl methyl sites for hydroxylation is 2. The van der Waals surface area contributed by atoms with Crippen molar-refractivity contribution in [1.29, 1.82) is 0 Å². The molecule has 0 radical (unpaired) electrons. The number of hydrogen-bond acceptors (Lipinski definition) is 1. The van der Waals surface area contributed by atoms with Crippen molar-refractivity contribution in [2.24, 2.45) is 0 Å². The van der Waals surface area contributed by atoms with Gasteiger partial charge in [0.25, 0.3) is 0 Å². The van der Waals surface area contributed by atoms with E-state index in [0.29, 0.717) is 0 Å². The lowest BCUT2D eigenvalue weighted by atomic mass is 10.3. The Morgan fingerprint density at radius 3 is 1.85 bits per heavy atom. The molecular weight excluding hydrogens is 160 g/mol. The third kappa shape index (κ3) is 5.07. The first-order valence-electron chi connectivity index (χ1n) is 4.43. The van der Waals surface area contributed by atoms with Crippen molar-refractivity contribution in [3.05, 3.63) is 42.9 Å². The van der Waals surface area contributed by atoms with Crippen LogP contribution in [0.1, 0.15) is 30.9 Å². The maximum Gasteiger partial charge on any atom is 0.129 e. The highest BCUT2D eigenvalue weighted by atomic mass is 16.3. The van der Waals surface area contributed by atoms with Gasteiger partial charge in [-0.3, -0.25) is 0 Å². The Bertz CT molecular complexity index is 233. The first-order chi connectivity index (χ1) is 6.24. The monoisotopic (exact) mass is 180 g/mol. The van der Waals surface area contributed by atoms with Crippen molar-refractivity contribution in [2.45, 2.75) is 27.7 Å². The highest BCUT2D eigenvalue weighted by Gasteiger charge is 1.97. The molecule has 0 saturated carbocycles. The summed E-state index contributed by atoms with van der Waals surface area (Å²) in [7, 11) is 0. The molecule has 1 heteroatoms. The van der Waals surface area contributed by atoms with Crippen LogP contribution in [0.25, 0.3) is 6.08 Å². The van der Waals surface area contributed by atoms with Crippen molar-refractivity contribution in [3.8, 4) is 0 Å². The van der Waals surface area contributed by atoms with Gasteiger partial charge in [0.1, 0.15) is 11.5 Å². The third-order valence-electron chi connectivity index (χ3n) is 1.26. The third-order valence-corrected chi connectivity index (χ3v) is 1.26. The Hall–Kier alpha value is -1.24. The zero-order valence-corrected chi connectivity index (χ0v) is 9.18. The van der Waals surface area contributed by atoms with Gasteiger partial charge >= 0.3 is 0 Å². The Labute approximate surface area is 81.8 Å². The molecule has 0 bridgehead atoms. The van der Waals surface area contributed by atoms with Gasteiger partial charge in [-0.05, 0) is 31.6 Å².